The molecule has 0 atom stereocenters. The van der Waals surface area contributed by atoms with Gasteiger partial charge >= 0.3 is 0 Å². The van der Waals surface area contributed by atoms with Crippen molar-refractivity contribution in [1.82, 2.24) is 19.8 Å². The smallest absolute Gasteiger partial charge is 0.276 e. The van der Waals surface area contributed by atoms with Gasteiger partial charge in [-0.15, -0.1) is 0 Å². The Balaban J connectivity index is 1.67. The highest BCUT2D eigenvalue weighted by atomic mass is 16.3. The summed E-state index contributed by atoms with van der Waals surface area (Å²) in [7, 11) is 1.51. The van der Waals surface area contributed by atoms with Crippen molar-refractivity contribution < 1.29 is 14.0 Å². The number of hydrogen-bond acceptors (Lipinski definition) is 5. The van der Waals surface area contributed by atoms with Crippen LogP contribution in [0.5, 0.6) is 0 Å². The lowest BCUT2D eigenvalue weighted by Crippen LogP contribution is -2.41. The summed E-state index contributed by atoms with van der Waals surface area (Å²) in [4.78, 5) is 44.2. The minimum absolute atomic E-state index is 0.164. The zero-order valence-electron chi connectivity index (χ0n) is 17.6. The molecule has 0 bridgehead atoms. The summed E-state index contributed by atoms with van der Waals surface area (Å²) >= 11 is 0. The molecular formula is C23H24N4O4. The lowest BCUT2D eigenvalue weighted by Gasteiger charge is -2.30. The van der Waals surface area contributed by atoms with Crippen LogP contribution >= 0.6 is 0 Å². The molecule has 3 heterocycles. The molecule has 8 nitrogen and oxygen atoms in total. The molecule has 160 valence electrons. The number of benzene rings is 1. The molecule has 4 rings (SSSR count). The van der Waals surface area contributed by atoms with Crippen molar-refractivity contribution in [3.8, 4) is 0 Å². The van der Waals surface area contributed by atoms with Gasteiger partial charge in [-0.05, 0) is 29.5 Å². The number of nitrogens with one attached hydrogen (secondary N) is 1. The van der Waals surface area contributed by atoms with Crippen LogP contribution < -0.4 is 10.9 Å². The maximum Gasteiger partial charge on any atom is 0.276 e. The van der Waals surface area contributed by atoms with Gasteiger partial charge in [0.25, 0.3) is 17.4 Å². The lowest BCUT2D eigenvalue weighted by atomic mass is 9.95. The van der Waals surface area contributed by atoms with E-state index in [-0.39, 0.29) is 22.7 Å². The molecule has 1 aliphatic rings. The molecule has 8 heteroatoms. The molecule has 31 heavy (non-hydrogen) atoms. The number of oxazole rings is 1. The first kappa shape index (κ1) is 20.6. The molecule has 1 aliphatic heterocycles. The fourth-order valence-corrected chi connectivity index (χ4v) is 3.93. The van der Waals surface area contributed by atoms with E-state index in [2.05, 4.69) is 10.3 Å². The Bertz CT molecular complexity index is 1180. The molecule has 0 unspecified atom stereocenters. The SMILES string of the molecule is CNC(=O)c1c2c(cn(CCc3ccccc3)c1=O)CN(C(=O)c1coc(C)n1)CC2. The molecule has 0 saturated carbocycles. The third kappa shape index (κ3) is 4.14. The zero-order valence-corrected chi connectivity index (χ0v) is 17.6. The summed E-state index contributed by atoms with van der Waals surface area (Å²) in [5, 5.41) is 2.58. The zero-order chi connectivity index (χ0) is 22.0. The average molecular weight is 420 g/mol. The molecule has 1 N–H and O–H groups in total. The maximum atomic E-state index is 13.1. The van der Waals surface area contributed by atoms with Crippen molar-refractivity contribution in [3.63, 3.8) is 0 Å². The van der Waals surface area contributed by atoms with Gasteiger partial charge in [0.1, 0.15) is 11.8 Å². The van der Waals surface area contributed by atoms with Gasteiger partial charge in [-0.1, -0.05) is 30.3 Å². The largest absolute Gasteiger partial charge is 0.448 e. The van der Waals surface area contributed by atoms with E-state index in [1.165, 1.54) is 13.3 Å². The fourth-order valence-electron chi connectivity index (χ4n) is 3.93. The van der Waals surface area contributed by atoms with Gasteiger partial charge in [0.05, 0.1) is 0 Å². The summed E-state index contributed by atoms with van der Waals surface area (Å²) in [6.45, 7) is 2.82. The first-order chi connectivity index (χ1) is 15.0. The number of carbonyl (C=O) groups excluding carboxylic acids is 2. The van der Waals surface area contributed by atoms with Crippen molar-refractivity contribution in [2.24, 2.45) is 0 Å². The Morgan fingerprint density at radius 3 is 2.68 bits per heavy atom. The minimum Gasteiger partial charge on any atom is -0.448 e. The van der Waals surface area contributed by atoms with Crippen LogP contribution in [0.25, 0.3) is 0 Å². The number of fused-ring (bicyclic) bond motifs is 1. The van der Waals surface area contributed by atoms with Crippen LogP contribution in [0.3, 0.4) is 0 Å². The predicted molar refractivity (Wildman–Crippen MR) is 114 cm³/mol. The Labute approximate surface area is 179 Å². The Morgan fingerprint density at radius 2 is 2.00 bits per heavy atom. The maximum absolute atomic E-state index is 13.1. The highest BCUT2D eigenvalue weighted by Gasteiger charge is 2.29. The van der Waals surface area contributed by atoms with Gasteiger partial charge in [0.15, 0.2) is 11.6 Å². The Kier molecular flexibility index (Phi) is 5.70. The van der Waals surface area contributed by atoms with Crippen LogP contribution in [0, 0.1) is 6.92 Å². The number of hydrogen-bond donors (Lipinski definition) is 1. The van der Waals surface area contributed by atoms with Crippen LogP contribution in [0.1, 0.15) is 43.4 Å². The van der Waals surface area contributed by atoms with Gasteiger partial charge in [0.2, 0.25) is 0 Å². The van der Waals surface area contributed by atoms with E-state index in [1.54, 1.807) is 22.6 Å². The number of aryl methyl sites for hydroxylation is 3. The van der Waals surface area contributed by atoms with Gasteiger partial charge in [0, 0.05) is 39.8 Å². The second kappa shape index (κ2) is 8.59. The molecule has 0 aliphatic carbocycles. The summed E-state index contributed by atoms with van der Waals surface area (Å²) in [6, 6.07) is 9.86. The van der Waals surface area contributed by atoms with Gasteiger partial charge in [-0.25, -0.2) is 4.98 Å². The second-order valence-corrected chi connectivity index (χ2v) is 7.55. The molecule has 1 aromatic carbocycles. The Morgan fingerprint density at radius 1 is 1.23 bits per heavy atom. The molecule has 2 amide bonds. The summed E-state index contributed by atoms with van der Waals surface area (Å²) < 4.78 is 6.74. The minimum atomic E-state index is -0.401. The van der Waals surface area contributed by atoms with E-state index in [0.717, 1.165) is 11.1 Å². The highest BCUT2D eigenvalue weighted by molar-refractivity contribution is 5.96. The van der Waals surface area contributed by atoms with Crippen LogP contribution in [-0.4, -0.2) is 39.9 Å². The monoisotopic (exact) mass is 420 g/mol. The molecular weight excluding hydrogens is 396 g/mol. The number of nitrogens with zero attached hydrogens (tertiary/aromatic N) is 3. The van der Waals surface area contributed by atoms with E-state index in [9.17, 15) is 14.4 Å². The van der Waals surface area contributed by atoms with Gasteiger partial charge < -0.3 is 19.2 Å². The molecule has 0 fully saturated rings. The third-order valence-corrected chi connectivity index (χ3v) is 5.53. The quantitative estimate of drug-likeness (QED) is 0.680. The number of pyridine rings is 1. The van der Waals surface area contributed by atoms with Crippen molar-refractivity contribution in [3.05, 3.63) is 87.0 Å². The van der Waals surface area contributed by atoms with E-state index in [4.69, 9.17) is 4.42 Å². The topological polar surface area (TPSA) is 97.4 Å². The summed E-state index contributed by atoms with van der Waals surface area (Å²) in [6.07, 6.45) is 4.22. The average Bonchev–Trinajstić information content (AvgIpc) is 3.23. The van der Waals surface area contributed by atoms with E-state index < -0.39 is 5.91 Å². The van der Waals surface area contributed by atoms with E-state index in [1.807, 2.05) is 30.3 Å². The van der Waals surface area contributed by atoms with Crippen molar-refractivity contribution in [1.29, 1.82) is 0 Å². The number of amides is 2. The molecule has 0 spiro atoms. The normalized spacial score (nSPS) is 13.0. The first-order valence-electron chi connectivity index (χ1n) is 10.2. The lowest BCUT2D eigenvalue weighted by molar-refractivity contribution is 0.0728. The van der Waals surface area contributed by atoms with Crippen molar-refractivity contribution in [2.45, 2.75) is 32.9 Å². The predicted octanol–water partition coefficient (Wildman–Crippen LogP) is 1.95. The summed E-state index contributed by atoms with van der Waals surface area (Å²) in [5.74, 6) is -0.203. The van der Waals surface area contributed by atoms with Crippen LogP contribution in [-0.2, 0) is 25.9 Å². The molecule has 3 aromatic rings. The van der Waals surface area contributed by atoms with Crippen LogP contribution in [0.2, 0.25) is 0 Å². The van der Waals surface area contributed by atoms with Crippen molar-refractivity contribution >= 4 is 11.8 Å². The second-order valence-electron chi connectivity index (χ2n) is 7.55. The molecule has 0 radical (unpaired) electrons. The van der Waals surface area contributed by atoms with Crippen molar-refractivity contribution in [2.75, 3.05) is 13.6 Å². The summed E-state index contributed by atoms with van der Waals surface area (Å²) in [5.41, 5.74) is 2.72. The number of carbonyl (C=O) groups is 2. The van der Waals surface area contributed by atoms with Crippen LogP contribution in [0.15, 0.2) is 52.0 Å². The standard InChI is InChI=1S/C23H24N4O4/c1-15-25-19(14-31-15)22(29)26-11-9-18-17(12-26)13-27(23(30)20(18)21(28)24-2)10-8-16-6-4-3-5-7-16/h3-7,13-14H,8-12H2,1-2H3,(H,24,28). The number of aromatic nitrogens is 2. The highest BCUT2D eigenvalue weighted by Crippen LogP contribution is 2.22. The first-order valence-corrected chi connectivity index (χ1v) is 10.2. The number of rotatable bonds is 5. The fraction of sp³-hybridized carbons (Fsp3) is 0.304. The third-order valence-electron chi connectivity index (χ3n) is 5.53. The van der Waals surface area contributed by atoms with E-state index >= 15 is 0 Å². The van der Waals surface area contributed by atoms with Gasteiger partial charge in [-0.3, -0.25) is 14.4 Å². The Hall–Kier alpha value is -3.68. The van der Waals surface area contributed by atoms with E-state index in [0.29, 0.717) is 43.9 Å². The molecule has 0 saturated heterocycles. The van der Waals surface area contributed by atoms with Gasteiger partial charge in [-0.2, -0.15) is 0 Å². The molecule has 2 aromatic heterocycles. The van der Waals surface area contributed by atoms with Crippen LogP contribution in [0.4, 0.5) is 0 Å².